The number of anilines is 1. The number of nitrogens with one attached hydrogen (secondary N) is 1. The fourth-order valence-corrected chi connectivity index (χ4v) is 1.61. The highest BCUT2D eigenvalue weighted by Crippen LogP contribution is 2.31. The van der Waals surface area contributed by atoms with E-state index < -0.39 is 0 Å². The maximum Gasteiger partial charge on any atom is 0.143 e. The molecule has 0 saturated carbocycles. The van der Waals surface area contributed by atoms with Gasteiger partial charge in [-0.05, 0) is 25.1 Å². The Morgan fingerprint density at radius 2 is 2.40 bits per heavy atom. The molecule has 15 heavy (non-hydrogen) atoms. The smallest absolute Gasteiger partial charge is 0.143 e. The Hall–Kier alpha value is -1.73. The van der Waals surface area contributed by atoms with Gasteiger partial charge in [0, 0.05) is 0 Å². The molecule has 0 fully saturated rings. The van der Waals surface area contributed by atoms with Crippen molar-refractivity contribution in [2.24, 2.45) is 0 Å². The van der Waals surface area contributed by atoms with Crippen LogP contribution in [-0.2, 0) is 0 Å². The van der Waals surface area contributed by atoms with Crippen LogP contribution < -0.4 is 10.1 Å². The maximum absolute atomic E-state index is 9.07. The summed E-state index contributed by atoms with van der Waals surface area (Å²) in [6.45, 7) is 1.91. The van der Waals surface area contributed by atoms with Gasteiger partial charge < -0.3 is 15.2 Å². The number of aliphatic hydroxyl groups excluding tert-OH is 1. The van der Waals surface area contributed by atoms with E-state index in [4.69, 9.17) is 15.1 Å². The summed E-state index contributed by atoms with van der Waals surface area (Å²) in [6.07, 6.45) is -0.231. The average Bonchev–Trinajstić information content (AvgIpc) is 2.27. The van der Waals surface area contributed by atoms with Crippen molar-refractivity contribution < 1.29 is 9.84 Å². The Morgan fingerprint density at radius 3 is 3.07 bits per heavy atom. The molecule has 0 aromatic heterocycles. The molecule has 1 aromatic rings. The molecule has 0 radical (unpaired) electrons. The Bertz CT molecular complexity index is 412. The molecule has 1 heterocycles. The van der Waals surface area contributed by atoms with Crippen LogP contribution in [0.4, 0.5) is 5.69 Å². The van der Waals surface area contributed by atoms with Crippen LogP contribution in [0.5, 0.6) is 5.75 Å². The van der Waals surface area contributed by atoms with Crippen LogP contribution in [0.25, 0.3) is 0 Å². The third-order valence-corrected chi connectivity index (χ3v) is 2.51. The molecule has 2 atom stereocenters. The lowest BCUT2D eigenvalue weighted by molar-refractivity contribution is 0.0978. The van der Waals surface area contributed by atoms with E-state index in [9.17, 15) is 0 Å². The van der Waals surface area contributed by atoms with Crippen molar-refractivity contribution >= 4 is 5.69 Å². The van der Waals surface area contributed by atoms with Crippen LogP contribution in [0.3, 0.4) is 0 Å². The third-order valence-electron chi connectivity index (χ3n) is 2.51. The molecule has 0 amide bonds. The second kappa shape index (κ2) is 3.79. The number of rotatable bonds is 1. The zero-order chi connectivity index (χ0) is 10.8. The Morgan fingerprint density at radius 1 is 1.60 bits per heavy atom. The highest BCUT2D eigenvalue weighted by atomic mass is 16.5. The predicted molar refractivity (Wildman–Crippen MR) is 55.7 cm³/mol. The average molecular weight is 204 g/mol. The molecule has 4 nitrogen and oxygen atoms in total. The first kappa shape index (κ1) is 9.81. The second-order valence-electron chi connectivity index (χ2n) is 3.59. The van der Waals surface area contributed by atoms with E-state index in [0.29, 0.717) is 11.3 Å². The van der Waals surface area contributed by atoms with E-state index in [2.05, 4.69) is 11.4 Å². The monoisotopic (exact) mass is 204 g/mol. The normalized spacial score (nSPS) is 23.3. The van der Waals surface area contributed by atoms with Gasteiger partial charge in [-0.3, -0.25) is 0 Å². The molecule has 1 aromatic carbocycles. The van der Waals surface area contributed by atoms with Crippen molar-refractivity contribution in [3.05, 3.63) is 23.8 Å². The lowest BCUT2D eigenvalue weighted by Gasteiger charge is -2.31. The van der Waals surface area contributed by atoms with E-state index in [0.717, 1.165) is 5.69 Å². The first-order valence-corrected chi connectivity index (χ1v) is 4.83. The van der Waals surface area contributed by atoms with Gasteiger partial charge in [0.1, 0.15) is 11.9 Å². The molecular weight excluding hydrogens is 192 g/mol. The van der Waals surface area contributed by atoms with Crippen molar-refractivity contribution in [3.8, 4) is 11.8 Å². The fraction of sp³-hybridized carbons (Fsp3) is 0.364. The van der Waals surface area contributed by atoms with Gasteiger partial charge in [-0.15, -0.1) is 0 Å². The molecule has 2 rings (SSSR count). The van der Waals surface area contributed by atoms with Crippen molar-refractivity contribution in [1.82, 2.24) is 0 Å². The lowest BCUT2D eigenvalue weighted by Crippen LogP contribution is -2.41. The quantitative estimate of drug-likeness (QED) is 0.719. The van der Waals surface area contributed by atoms with E-state index in [1.807, 2.05) is 6.92 Å². The van der Waals surface area contributed by atoms with Crippen LogP contribution in [-0.4, -0.2) is 23.9 Å². The molecule has 0 spiro atoms. The van der Waals surface area contributed by atoms with Gasteiger partial charge in [-0.25, -0.2) is 0 Å². The molecule has 2 unspecified atom stereocenters. The topological polar surface area (TPSA) is 65.3 Å². The zero-order valence-electron chi connectivity index (χ0n) is 8.40. The van der Waals surface area contributed by atoms with Gasteiger partial charge in [0.2, 0.25) is 0 Å². The molecule has 4 heteroatoms. The highest BCUT2D eigenvalue weighted by Gasteiger charge is 2.25. The summed E-state index contributed by atoms with van der Waals surface area (Å²) in [4.78, 5) is 0. The van der Waals surface area contributed by atoms with Crippen LogP contribution in [0.2, 0.25) is 0 Å². The van der Waals surface area contributed by atoms with Gasteiger partial charge in [-0.1, -0.05) is 0 Å². The summed E-state index contributed by atoms with van der Waals surface area (Å²) in [5.41, 5.74) is 1.41. The number of nitriles is 1. The molecule has 2 N–H and O–H groups in total. The molecular formula is C11H12N2O2. The van der Waals surface area contributed by atoms with Crippen LogP contribution >= 0.6 is 0 Å². The molecule has 78 valence electrons. The summed E-state index contributed by atoms with van der Waals surface area (Å²) < 4.78 is 5.57. The Balaban J connectivity index is 2.33. The third kappa shape index (κ3) is 1.74. The van der Waals surface area contributed by atoms with Crippen LogP contribution in [0, 0.1) is 11.3 Å². The zero-order valence-corrected chi connectivity index (χ0v) is 8.40. The predicted octanol–water partition coefficient (Wildman–Crippen LogP) is 1.11. The fourth-order valence-electron chi connectivity index (χ4n) is 1.61. The number of benzene rings is 1. The molecule has 1 aliphatic heterocycles. The van der Waals surface area contributed by atoms with E-state index in [1.165, 1.54) is 0 Å². The van der Waals surface area contributed by atoms with Gasteiger partial charge in [0.05, 0.1) is 30.0 Å². The summed E-state index contributed by atoms with van der Waals surface area (Å²) in [5.74, 6) is 0.686. The van der Waals surface area contributed by atoms with Crippen molar-refractivity contribution in [3.63, 3.8) is 0 Å². The summed E-state index contributed by atoms with van der Waals surface area (Å²) in [7, 11) is 0. The summed E-state index contributed by atoms with van der Waals surface area (Å²) >= 11 is 0. The van der Waals surface area contributed by atoms with Gasteiger partial charge in [-0.2, -0.15) is 5.26 Å². The van der Waals surface area contributed by atoms with Gasteiger partial charge in [0.15, 0.2) is 0 Å². The molecule has 0 bridgehead atoms. The number of hydrogen-bond donors (Lipinski definition) is 2. The number of fused-ring (bicyclic) bond motifs is 1. The first-order chi connectivity index (χ1) is 7.24. The maximum atomic E-state index is 9.07. The first-order valence-electron chi connectivity index (χ1n) is 4.83. The molecule has 0 aliphatic carbocycles. The minimum atomic E-state index is -0.231. The minimum Gasteiger partial charge on any atom is -0.484 e. The lowest BCUT2D eigenvalue weighted by atomic mass is 10.1. The SMILES string of the molecule is CC1Nc2cc(C#N)ccc2OC1CO. The second-order valence-corrected chi connectivity index (χ2v) is 3.59. The molecule has 0 saturated heterocycles. The minimum absolute atomic E-state index is 0.0202. The molecule has 1 aliphatic rings. The largest absolute Gasteiger partial charge is 0.484 e. The van der Waals surface area contributed by atoms with E-state index in [1.54, 1.807) is 18.2 Å². The number of aliphatic hydroxyl groups is 1. The van der Waals surface area contributed by atoms with Gasteiger partial charge in [0.25, 0.3) is 0 Å². The summed E-state index contributed by atoms with van der Waals surface area (Å²) in [5, 5.41) is 21.0. The Kier molecular flexibility index (Phi) is 2.48. The van der Waals surface area contributed by atoms with E-state index >= 15 is 0 Å². The number of nitrogens with zero attached hydrogens (tertiary/aromatic N) is 1. The standard InChI is InChI=1S/C11H12N2O2/c1-7-11(6-14)15-10-3-2-8(5-12)4-9(10)13-7/h2-4,7,11,13-14H,6H2,1H3. The van der Waals surface area contributed by atoms with E-state index in [-0.39, 0.29) is 18.8 Å². The number of hydrogen-bond acceptors (Lipinski definition) is 4. The Labute approximate surface area is 88.1 Å². The number of ether oxygens (including phenoxy) is 1. The van der Waals surface area contributed by atoms with Crippen LogP contribution in [0.1, 0.15) is 12.5 Å². The summed E-state index contributed by atoms with van der Waals surface area (Å²) in [6, 6.07) is 7.30. The van der Waals surface area contributed by atoms with Gasteiger partial charge >= 0.3 is 0 Å². The van der Waals surface area contributed by atoms with Crippen molar-refractivity contribution in [1.29, 1.82) is 5.26 Å². The highest BCUT2D eigenvalue weighted by molar-refractivity contribution is 5.62. The van der Waals surface area contributed by atoms with Crippen molar-refractivity contribution in [2.75, 3.05) is 11.9 Å². The van der Waals surface area contributed by atoms with Crippen LogP contribution in [0.15, 0.2) is 18.2 Å². The van der Waals surface area contributed by atoms with Crippen molar-refractivity contribution in [2.45, 2.75) is 19.1 Å².